The minimum Gasteiger partial charge on any atom is -0.384 e. The van der Waals surface area contributed by atoms with E-state index in [0.717, 1.165) is 5.56 Å². The van der Waals surface area contributed by atoms with Crippen LogP contribution in [0.1, 0.15) is 34.8 Å². The summed E-state index contributed by atoms with van der Waals surface area (Å²) in [5, 5.41) is 11.9. The van der Waals surface area contributed by atoms with E-state index in [1.807, 2.05) is 62.4 Å². The summed E-state index contributed by atoms with van der Waals surface area (Å²) < 4.78 is 13.1. The van der Waals surface area contributed by atoms with Gasteiger partial charge in [-0.3, -0.25) is 9.00 Å². The van der Waals surface area contributed by atoms with Crippen molar-refractivity contribution in [1.82, 2.24) is 0 Å². The van der Waals surface area contributed by atoms with Crippen molar-refractivity contribution in [2.45, 2.75) is 30.8 Å². The van der Waals surface area contributed by atoms with Crippen LogP contribution in [0.3, 0.4) is 0 Å². The van der Waals surface area contributed by atoms with Crippen molar-refractivity contribution in [3.05, 3.63) is 77.4 Å². The Morgan fingerprint density at radius 3 is 2.59 bits per heavy atom. The molecular weight excluding hydrogens is 356 g/mol. The minimum absolute atomic E-state index is 0.0592. The average molecular weight is 381 g/mol. The van der Waals surface area contributed by atoms with Gasteiger partial charge in [0.2, 0.25) is 0 Å². The maximum atomic E-state index is 13.1. The van der Waals surface area contributed by atoms with E-state index in [1.54, 1.807) is 6.07 Å². The van der Waals surface area contributed by atoms with Gasteiger partial charge in [-0.05, 0) is 37.0 Å². The molecule has 4 heteroatoms. The number of hydrogen-bond acceptors (Lipinski definition) is 3. The molecule has 0 saturated heterocycles. The molecule has 0 unspecified atom stereocenters. The number of rotatable bonds is 3. The van der Waals surface area contributed by atoms with Gasteiger partial charge in [-0.2, -0.15) is 0 Å². The number of fused-ring (bicyclic) bond motifs is 2. The van der Waals surface area contributed by atoms with Gasteiger partial charge in [0.15, 0.2) is 5.78 Å². The molecule has 0 amide bonds. The number of carbonyl (C=O) groups is 1. The zero-order valence-corrected chi connectivity index (χ0v) is 16.4. The van der Waals surface area contributed by atoms with E-state index in [4.69, 9.17) is 0 Å². The lowest BCUT2D eigenvalue weighted by Gasteiger charge is -2.47. The van der Waals surface area contributed by atoms with Crippen molar-refractivity contribution in [2.75, 3.05) is 5.75 Å². The van der Waals surface area contributed by atoms with Gasteiger partial charge >= 0.3 is 0 Å². The molecule has 2 aliphatic rings. The van der Waals surface area contributed by atoms with Gasteiger partial charge in [0.25, 0.3) is 0 Å². The predicted octanol–water partition coefficient (Wildman–Crippen LogP) is 4.02. The first kappa shape index (κ1) is 18.3. The minimum atomic E-state index is -1.36. The average Bonchev–Trinajstić information content (AvgIpc) is 2.67. The first-order valence-corrected chi connectivity index (χ1v) is 10.7. The highest BCUT2D eigenvalue weighted by Crippen LogP contribution is 2.49. The number of hydrogen-bond donors (Lipinski definition) is 1. The van der Waals surface area contributed by atoms with Gasteiger partial charge < -0.3 is 5.11 Å². The monoisotopic (exact) mass is 380 g/mol. The Balaban J connectivity index is 1.79. The number of carbonyl (C=O) groups excluding carboxylic acids is 1. The van der Waals surface area contributed by atoms with Gasteiger partial charge in [-0.15, -0.1) is 0 Å². The van der Waals surface area contributed by atoms with Crippen LogP contribution in [0.25, 0.3) is 0 Å². The number of benzene rings is 2. The molecule has 0 bridgehead atoms. The Hall–Kier alpha value is -2.04. The standard InChI is InChI=1S/C23H24O3S/c1-15-10-12-17(13-11-15)27(26)14-23(25)19-8-4-3-7-18(19)22(24)21-16(2)6-5-9-20(21)23/h3-8,10-13,16,20-21,25H,9,14H2,1-2H3/t16-,20+,21-,23-,27-/m1/s1. The van der Waals surface area contributed by atoms with Crippen molar-refractivity contribution < 1.29 is 14.1 Å². The molecule has 2 aromatic rings. The first-order chi connectivity index (χ1) is 12.9. The van der Waals surface area contributed by atoms with Crippen LogP contribution in [-0.4, -0.2) is 20.9 Å². The molecule has 3 nitrogen and oxygen atoms in total. The van der Waals surface area contributed by atoms with Gasteiger partial charge in [-0.1, -0.05) is 61.0 Å². The summed E-state index contributed by atoms with van der Waals surface area (Å²) in [5.41, 5.74) is 1.02. The lowest BCUT2D eigenvalue weighted by Crippen LogP contribution is -2.52. The first-order valence-electron chi connectivity index (χ1n) is 9.39. The van der Waals surface area contributed by atoms with E-state index in [-0.39, 0.29) is 29.3 Å². The van der Waals surface area contributed by atoms with Crippen LogP contribution in [0.2, 0.25) is 0 Å². The fourth-order valence-electron chi connectivity index (χ4n) is 4.60. The zero-order chi connectivity index (χ0) is 19.2. The van der Waals surface area contributed by atoms with Crippen LogP contribution in [0, 0.1) is 24.7 Å². The normalized spacial score (nSPS) is 30.5. The molecule has 0 aromatic heterocycles. The number of Topliss-reactive ketones (excluding diaryl/α,β-unsaturated/α-hetero) is 1. The van der Waals surface area contributed by atoms with Crippen LogP contribution in [0.5, 0.6) is 0 Å². The third-order valence-corrected chi connectivity index (χ3v) is 7.54. The molecule has 4 rings (SSSR count). The second-order valence-corrected chi connectivity index (χ2v) is 9.24. The molecule has 1 N–H and O–H groups in total. The quantitative estimate of drug-likeness (QED) is 0.819. The molecule has 2 aromatic carbocycles. The molecule has 2 aliphatic carbocycles. The molecule has 0 saturated carbocycles. The number of allylic oxidation sites excluding steroid dienone is 2. The Morgan fingerprint density at radius 1 is 1.15 bits per heavy atom. The molecule has 0 aliphatic heterocycles. The van der Waals surface area contributed by atoms with Crippen molar-refractivity contribution >= 4 is 16.6 Å². The summed E-state index contributed by atoms with van der Waals surface area (Å²) in [6.07, 6.45) is 4.73. The van der Waals surface area contributed by atoms with E-state index < -0.39 is 16.4 Å². The molecular formula is C23H24O3S. The van der Waals surface area contributed by atoms with E-state index >= 15 is 0 Å². The van der Waals surface area contributed by atoms with Gasteiger partial charge in [0.1, 0.15) is 5.60 Å². The third kappa shape index (κ3) is 3.01. The van der Waals surface area contributed by atoms with Crippen molar-refractivity contribution in [3.8, 4) is 0 Å². The maximum Gasteiger partial charge on any atom is 0.167 e. The molecule has 0 radical (unpaired) electrons. The van der Waals surface area contributed by atoms with Crippen LogP contribution in [-0.2, 0) is 16.4 Å². The molecule has 0 spiro atoms. The van der Waals surface area contributed by atoms with Crippen LogP contribution < -0.4 is 0 Å². The highest BCUT2D eigenvalue weighted by Gasteiger charge is 2.53. The maximum absolute atomic E-state index is 13.1. The van der Waals surface area contributed by atoms with E-state index in [2.05, 4.69) is 6.08 Å². The Bertz CT molecular complexity index is 931. The number of aryl methyl sites for hydroxylation is 1. The lowest BCUT2D eigenvalue weighted by molar-refractivity contribution is -0.0391. The molecule has 140 valence electrons. The number of aliphatic hydroxyl groups is 1. The van der Waals surface area contributed by atoms with Crippen molar-refractivity contribution in [2.24, 2.45) is 17.8 Å². The molecule has 27 heavy (non-hydrogen) atoms. The lowest BCUT2D eigenvalue weighted by atomic mass is 9.60. The van der Waals surface area contributed by atoms with Crippen LogP contribution >= 0.6 is 0 Å². The van der Waals surface area contributed by atoms with Gasteiger partial charge in [-0.25, -0.2) is 0 Å². The Labute approximate surface area is 162 Å². The predicted molar refractivity (Wildman–Crippen MR) is 107 cm³/mol. The summed E-state index contributed by atoms with van der Waals surface area (Å²) in [7, 11) is -1.36. The van der Waals surface area contributed by atoms with Crippen molar-refractivity contribution in [1.29, 1.82) is 0 Å². The molecule has 5 atom stereocenters. The van der Waals surface area contributed by atoms with Gasteiger partial charge in [0, 0.05) is 22.3 Å². The summed E-state index contributed by atoms with van der Waals surface area (Å²) >= 11 is 0. The van der Waals surface area contributed by atoms with E-state index in [1.165, 1.54) is 0 Å². The van der Waals surface area contributed by atoms with Crippen LogP contribution in [0.15, 0.2) is 65.6 Å². The fraction of sp³-hybridized carbons (Fsp3) is 0.348. The largest absolute Gasteiger partial charge is 0.384 e. The van der Waals surface area contributed by atoms with Crippen molar-refractivity contribution in [3.63, 3.8) is 0 Å². The second-order valence-electron chi connectivity index (χ2n) is 7.79. The Kier molecular flexibility index (Phi) is 4.65. The van der Waals surface area contributed by atoms with E-state index in [9.17, 15) is 14.1 Å². The summed E-state index contributed by atoms with van der Waals surface area (Å²) in [4.78, 5) is 13.8. The smallest absolute Gasteiger partial charge is 0.167 e. The fourth-order valence-corrected chi connectivity index (χ4v) is 5.97. The topological polar surface area (TPSA) is 54.4 Å². The van der Waals surface area contributed by atoms with Crippen LogP contribution in [0.4, 0.5) is 0 Å². The zero-order valence-electron chi connectivity index (χ0n) is 15.6. The molecule has 0 fully saturated rings. The number of ketones is 1. The summed E-state index contributed by atoms with van der Waals surface area (Å²) in [6, 6.07) is 14.9. The van der Waals surface area contributed by atoms with Gasteiger partial charge in [0.05, 0.1) is 16.6 Å². The second kappa shape index (κ2) is 6.84. The highest BCUT2D eigenvalue weighted by molar-refractivity contribution is 7.85. The molecule has 0 heterocycles. The Morgan fingerprint density at radius 2 is 1.85 bits per heavy atom. The van der Waals surface area contributed by atoms with E-state index in [0.29, 0.717) is 22.4 Å². The summed E-state index contributed by atoms with van der Waals surface area (Å²) in [5.74, 6) is -0.274. The summed E-state index contributed by atoms with van der Waals surface area (Å²) in [6.45, 7) is 4.01. The highest BCUT2D eigenvalue weighted by atomic mass is 32.2. The SMILES string of the molecule is Cc1ccc([S@](=O)C[C@@]2(O)c3ccccc3C(=O)[C@@H]3[C@H](C)C=CC[C@@H]32)cc1. The third-order valence-electron chi connectivity index (χ3n) is 6.04.